The summed E-state index contributed by atoms with van der Waals surface area (Å²) in [6.07, 6.45) is 0. The molecule has 4 heteroatoms. The SMILES string of the molecule is Cc1ccccc1C(=O)CN1CCS(=O)CC1. The Bertz CT molecular complexity index is 435. The van der Waals surface area contributed by atoms with Crippen LogP contribution in [-0.4, -0.2) is 46.0 Å². The Balaban J connectivity index is 1.98. The number of nitrogens with zero attached hydrogens (tertiary/aromatic N) is 1. The van der Waals surface area contributed by atoms with Gasteiger partial charge in [-0.05, 0) is 12.5 Å². The zero-order chi connectivity index (χ0) is 12.3. The maximum Gasteiger partial charge on any atom is 0.177 e. The first kappa shape index (κ1) is 12.5. The van der Waals surface area contributed by atoms with Gasteiger partial charge in [-0.15, -0.1) is 0 Å². The van der Waals surface area contributed by atoms with Crippen molar-refractivity contribution in [2.45, 2.75) is 6.92 Å². The fraction of sp³-hybridized carbons (Fsp3) is 0.462. The number of rotatable bonds is 3. The van der Waals surface area contributed by atoms with E-state index < -0.39 is 10.8 Å². The first-order valence-corrected chi connectivity index (χ1v) is 7.32. The summed E-state index contributed by atoms with van der Waals surface area (Å²) < 4.78 is 11.2. The number of aryl methyl sites for hydroxylation is 1. The molecule has 2 rings (SSSR count). The Morgan fingerprint density at radius 3 is 2.59 bits per heavy atom. The molecule has 0 amide bonds. The largest absolute Gasteiger partial charge is 0.294 e. The highest BCUT2D eigenvalue weighted by Gasteiger charge is 2.18. The molecule has 1 aliphatic heterocycles. The molecule has 0 aliphatic carbocycles. The lowest BCUT2D eigenvalue weighted by atomic mass is 10.0. The number of carbonyl (C=O) groups excluding carboxylic acids is 1. The molecule has 1 heterocycles. The van der Waals surface area contributed by atoms with Crippen LogP contribution in [0.3, 0.4) is 0 Å². The van der Waals surface area contributed by atoms with Crippen molar-refractivity contribution >= 4 is 16.6 Å². The van der Waals surface area contributed by atoms with E-state index in [0.29, 0.717) is 18.1 Å². The summed E-state index contributed by atoms with van der Waals surface area (Å²) in [5, 5.41) is 0. The molecule has 1 fully saturated rings. The topological polar surface area (TPSA) is 37.4 Å². The van der Waals surface area contributed by atoms with E-state index >= 15 is 0 Å². The normalized spacial score (nSPS) is 18.2. The zero-order valence-corrected chi connectivity index (χ0v) is 10.8. The second-order valence-electron chi connectivity index (χ2n) is 4.36. The van der Waals surface area contributed by atoms with Crippen LogP contribution in [0.15, 0.2) is 24.3 Å². The van der Waals surface area contributed by atoms with Gasteiger partial charge in [0.25, 0.3) is 0 Å². The molecule has 17 heavy (non-hydrogen) atoms. The molecule has 0 unspecified atom stereocenters. The second-order valence-corrected chi connectivity index (χ2v) is 6.06. The maximum atomic E-state index is 12.1. The third kappa shape index (κ3) is 3.23. The number of benzene rings is 1. The van der Waals surface area contributed by atoms with Crippen LogP contribution in [0.25, 0.3) is 0 Å². The second kappa shape index (κ2) is 5.56. The predicted molar refractivity (Wildman–Crippen MR) is 69.8 cm³/mol. The van der Waals surface area contributed by atoms with Crippen molar-refractivity contribution in [1.82, 2.24) is 4.90 Å². The van der Waals surface area contributed by atoms with Crippen molar-refractivity contribution in [1.29, 1.82) is 0 Å². The number of hydrogen-bond acceptors (Lipinski definition) is 3. The summed E-state index contributed by atoms with van der Waals surface area (Å²) in [4.78, 5) is 14.2. The van der Waals surface area contributed by atoms with Crippen LogP contribution in [0.2, 0.25) is 0 Å². The van der Waals surface area contributed by atoms with Crippen molar-refractivity contribution < 1.29 is 9.00 Å². The predicted octanol–water partition coefficient (Wildman–Crippen LogP) is 1.24. The maximum absolute atomic E-state index is 12.1. The van der Waals surface area contributed by atoms with Crippen molar-refractivity contribution in [2.75, 3.05) is 31.1 Å². The number of ketones is 1. The van der Waals surface area contributed by atoms with E-state index in [-0.39, 0.29) is 5.78 Å². The van der Waals surface area contributed by atoms with Crippen LogP contribution in [0.4, 0.5) is 0 Å². The van der Waals surface area contributed by atoms with Crippen molar-refractivity contribution in [3.05, 3.63) is 35.4 Å². The highest BCUT2D eigenvalue weighted by atomic mass is 32.2. The lowest BCUT2D eigenvalue weighted by molar-refractivity contribution is 0.0936. The first-order valence-electron chi connectivity index (χ1n) is 5.83. The molecule has 0 radical (unpaired) electrons. The highest BCUT2D eigenvalue weighted by Crippen LogP contribution is 2.09. The summed E-state index contributed by atoms with van der Waals surface area (Å²) >= 11 is 0. The van der Waals surface area contributed by atoms with E-state index in [1.807, 2.05) is 31.2 Å². The van der Waals surface area contributed by atoms with Crippen LogP contribution < -0.4 is 0 Å². The molecule has 0 spiro atoms. The lowest BCUT2D eigenvalue weighted by Gasteiger charge is -2.25. The molecule has 0 saturated carbocycles. The average molecular weight is 251 g/mol. The minimum Gasteiger partial charge on any atom is -0.294 e. The van der Waals surface area contributed by atoms with Gasteiger partial charge in [0.15, 0.2) is 5.78 Å². The van der Waals surface area contributed by atoms with E-state index in [2.05, 4.69) is 4.90 Å². The van der Waals surface area contributed by atoms with E-state index in [1.165, 1.54) is 0 Å². The van der Waals surface area contributed by atoms with E-state index in [4.69, 9.17) is 0 Å². The first-order chi connectivity index (χ1) is 8.16. The van der Waals surface area contributed by atoms with Crippen molar-refractivity contribution in [3.8, 4) is 0 Å². The summed E-state index contributed by atoms with van der Waals surface area (Å²) in [7, 11) is -0.678. The van der Waals surface area contributed by atoms with Crippen LogP contribution in [0.1, 0.15) is 15.9 Å². The monoisotopic (exact) mass is 251 g/mol. The fourth-order valence-electron chi connectivity index (χ4n) is 2.01. The van der Waals surface area contributed by atoms with Gasteiger partial charge in [-0.3, -0.25) is 13.9 Å². The van der Waals surface area contributed by atoms with Gasteiger partial charge in [-0.25, -0.2) is 0 Å². The quantitative estimate of drug-likeness (QED) is 0.759. The van der Waals surface area contributed by atoms with E-state index in [1.54, 1.807) is 0 Å². The van der Waals surface area contributed by atoms with Gasteiger partial charge in [0.2, 0.25) is 0 Å². The van der Waals surface area contributed by atoms with Gasteiger partial charge in [-0.2, -0.15) is 0 Å². The standard InChI is InChI=1S/C13H17NO2S/c1-11-4-2-3-5-12(11)13(15)10-14-6-8-17(16)9-7-14/h2-5H,6-10H2,1H3. The van der Waals surface area contributed by atoms with Crippen molar-refractivity contribution in [2.24, 2.45) is 0 Å². The number of Topliss-reactive ketones (excluding diaryl/α,β-unsaturated/α-hetero) is 1. The van der Waals surface area contributed by atoms with E-state index in [0.717, 1.165) is 24.2 Å². The average Bonchev–Trinajstić information content (AvgIpc) is 2.32. The molecular weight excluding hydrogens is 234 g/mol. The summed E-state index contributed by atoms with van der Waals surface area (Å²) in [5.41, 5.74) is 1.83. The Kier molecular flexibility index (Phi) is 4.07. The Morgan fingerprint density at radius 2 is 1.94 bits per heavy atom. The van der Waals surface area contributed by atoms with Gasteiger partial charge >= 0.3 is 0 Å². The van der Waals surface area contributed by atoms with Crippen LogP contribution in [0, 0.1) is 6.92 Å². The third-order valence-electron chi connectivity index (χ3n) is 3.08. The van der Waals surface area contributed by atoms with Crippen LogP contribution >= 0.6 is 0 Å². The minimum atomic E-state index is -0.678. The third-order valence-corrected chi connectivity index (χ3v) is 4.36. The Morgan fingerprint density at radius 1 is 1.29 bits per heavy atom. The van der Waals surface area contributed by atoms with Gasteiger partial charge < -0.3 is 0 Å². The van der Waals surface area contributed by atoms with Crippen LogP contribution in [-0.2, 0) is 10.8 Å². The molecular formula is C13H17NO2S. The highest BCUT2D eigenvalue weighted by molar-refractivity contribution is 7.85. The smallest absolute Gasteiger partial charge is 0.177 e. The van der Waals surface area contributed by atoms with Gasteiger partial charge in [0.1, 0.15) is 0 Å². The summed E-state index contributed by atoms with van der Waals surface area (Å²) in [6, 6.07) is 7.67. The minimum absolute atomic E-state index is 0.163. The molecule has 0 N–H and O–H groups in total. The fourth-order valence-corrected chi connectivity index (χ4v) is 3.14. The molecule has 0 aromatic heterocycles. The summed E-state index contributed by atoms with van der Waals surface area (Å²) in [6.45, 7) is 3.94. The van der Waals surface area contributed by atoms with E-state index in [9.17, 15) is 9.00 Å². The van der Waals surface area contributed by atoms with Crippen LogP contribution in [0.5, 0.6) is 0 Å². The Labute approximate surface area is 104 Å². The van der Waals surface area contributed by atoms with Gasteiger partial charge in [0.05, 0.1) is 6.54 Å². The molecule has 92 valence electrons. The number of hydrogen-bond donors (Lipinski definition) is 0. The molecule has 1 aliphatic rings. The van der Waals surface area contributed by atoms with Crippen molar-refractivity contribution in [3.63, 3.8) is 0 Å². The molecule has 1 saturated heterocycles. The molecule has 0 atom stereocenters. The number of carbonyl (C=O) groups is 1. The molecule has 1 aromatic carbocycles. The molecule has 0 bridgehead atoms. The van der Waals surface area contributed by atoms with Gasteiger partial charge in [0, 0.05) is 41.0 Å². The zero-order valence-electron chi connectivity index (χ0n) is 10.0. The molecule has 3 nitrogen and oxygen atoms in total. The lowest BCUT2D eigenvalue weighted by Crippen LogP contribution is -2.40. The summed E-state index contributed by atoms with van der Waals surface area (Å²) in [5.74, 6) is 1.55. The molecule has 1 aromatic rings. The van der Waals surface area contributed by atoms with Gasteiger partial charge in [-0.1, -0.05) is 24.3 Å². The Hall–Kier alpha value is -1.00.